The molecule has 1 aromatic heterocycles. The first-order chi connectivity index (χ1) is 7.67. The standard InChI is InChI=1S/C12H19N3O/c1-3-9(2)15-12(16)10-5-7-14-11(8-10)4-6-13/h5,7-9H,3-4,6,13H2,1-2H3,(H,15,16). The van der Waals surface area contributed by atoms with Gasteiger partial charge in [-0.15, -0.1) is 0 Å². The topological polar surface area (TPSA) is 68.0 Å². The average molecular weight is 221 g/mol. The van der Waals surface area contributed by atoms with Gasteiger partial charge in [-0.25, -0.2) is 0 Å². The molecule has 0 saturated heterocycles. The highest BCUT2D eigenvalue weighted by molar-refractivity contribution is 5.94. The molecule has 0 aliphatic carbocycles. The van der Waals surface area contributed by atoms with Crippen molar-refractivity contribution in [3.05, 3.63) is 29.6 Å². The Bertz CT molecular complexity index is 352. The molecule has 0 aromatic carbocycles. The molecule has 16 heavy (non-hydrogen) atoms. The molecule has 1 amide bonds. The zero-order valence-corrected chi connectivity index (χ0v) is 9.86. The molecule has 1 rings (SSSR count). The molecule has 3 N–H and O–H groups in total. The lowest BCUT2D eigenvalue weighted by Gasteiger charge is -2.11. The van der Waals surface area contributed by atoms with Gasteiger partial charge < -0.3 is 11.1 Å². The first-order valence-corrected chi connectivity index (χ1v) is 5.63. The molecular formula is C12H19N3O. The van der Waals surface area contributed by atoms with Gasteiger partial charge >= 0.3 is 0 Å². The molecule has 1 atom stereocenters. The fourth-order valence-electron chi connectivity index (χ4n) is 1.31. The van der Waals surface area contributed by atoms with E-state index >= 15 is 0 Å². The van der Waals surface area contributed by atoms with Gasteiger partial charge in [-0.3, -0.25) is 9.78 Å². The van der Waals surface area contributed by atoms with Crippen LogP contribution in [0.1, 0.15) is 36.3 Å². The van der Waals surface area contributed by atoms with Crippen molar-refractivity contribution >= 4 is 5.91 Å². The molecule has 0 aliphatic heterocycles. The van der Waals surface area contributed by atoms with Crippen molar-refractivity contribution in [1.82, 2.24) is 10.3 Å². The summed E-state index contributed by atoms with van der Waals surface area (Å²) < 4.78 is 0. The Hall–Kier alpha value is -1.42. The Morgan fingerprint density at radius 3 is 3.00 bits per heavy atom. The van der Waals surface area contributed by atoms with E-state index in [9.17, 15) is 4.79 Å². The number of nitrogens with zero attached hydrogens (tertiary/aromatic N) is 1. The highest BCUT2D eigenvalue weighted by Gasteiger charge is 2.08. The van der Waals surface area contributed by atoms with Crippen molar-refractivity contribution in [2.75, 3.05) is 6.54 Å². The van der Waals surface area contributed by atoms with Crippen molar-refractivity contribution in [2.24, 2.45) is 5.73 Å². The molecular weight excluding hydrogens is 202 g/mol. The van der Waals surface area contributed by atoms with Crippen LogP contribution in [0.2, 0.25) is 0 Å². The number of aromatic nitrogens is 1. The first kappa shape index (κ1) is 12.6. The molecule has 0 bridgehead atoms. The van der Waals surface area contributed by atoms with E-state index in [1.807, 2.05) is 13.8 Å². The Morgan fingerprint density at radius 2 is 2.38 bits per heavy atom. The third kappa shape index (κ3) is 3.62. The fourth-order valence-corrected chi connectivity index (χ4v) is 1.31. The normalized spacial score (nSPS) is 12.2. The van der Waals surface area contributed by atoms with Crippen LogP contribution in [0.4, 0.5) is 0 Å². The molecule has 0 radical (unpaired) electrons. The van der Waals surface area contributed by atoms with Crippen LogP contribution >= 0.6 is 0 Å². The van der Waals surface area contributed by atoms with E-state index < -0.39 is 0 Å². The predicted octanol–water partition coefficient (Wildman–Crippen LogP) is 1.11. The molecule has 0 aliphatic rings. The summed E-state index contributed by atoms with van der Waals surface area (Å²) in [7, 11) is 0. The number of nitrogens with one attached hydrogen (secondary N) is 1. The van der Waals surface area contributed by atoms with Crippen molar-refractivity contribution in [2.45, 2.75) is 32.7 Å². The second-order valence-corrected chi connectivity index (χ2v) is 3.86. The highest BCUT2D eigenvalue weighted by Crippen LogP contribution is 2.03. The summed E-state index contributed by atoms with van der Waals surface area (Å²) in [6.07, 6.45) is 3.27. The minimum Gasteiger partial charge on any atom is -0.350 e. The van der Waals surface area contributed by atoms with Crippen LogP contribution in [0.25, 0.3) is 0 Å². The van der Waals surface area contributed by atoms with Gasteiger partial charge in [0.05, 0.1) is 0 Å². The van der Waals surface area contributed by atoms with Crippen molar-refractivity contribution in [3.8, 4) is 0 Å². The Labute approximate surface area is 96.3 Å². The molecule has 0 fully saturated rings. The SMILES string of the molecule is CCC(C)NC(=O)c1ccnc(CCN)c1. The van der Waals surface area contributed by atoms with Crippen LogP contribution in [0.5, 0.6) is 0 Å². The number of carbonyl (C=O) groups excluding carboxylic acids is 1. The smallest absolute Gasteiger partial charge is 0.251 e. The van der Waals surface area contributed by atoms with Crippen molar-refractivity contribution < 1.29 is 4.79 Å². The molecule has 4 nitrogen and oxygen atoms in total. The molecule has 88 valence electrons. The van der Waals surface area contributed by atoms with E-state index in [-0.39, 0.29) is 11.9 Å². The maximum absolute atomic E-state index is 11.8. The van der Waals surface area contributed by atoms with Gasteiger partial charge in [-0.1, -0.05) is 6.92 Å². The quantitative estimate of drug-likeness (QED) is 0.782. The molecule has 1 aromatic rings. The van der Waals surface area contributed by atoms with Crippen LogP contribution in [-0.4, -0.2) is 23.5 Å². The van der Waals surface area contributed by atoms with E-state index in [1.165, 1.54) is 0 Å². The summed E-state index contributed by atoms with van der Waals surface area (Å²) in [5, 5.41) is 2.92. The van der Waals surface area contributed by atoms with Crippen molar-refractivity contribution in [1.29, 1.82) is 0 Å². The molecule has 1 heterocycles. The second kappa shape index (κ2) is 6.23. The lowest BCUT2D eigenvalue weighted by molar-refractivity contribution is 0.0939. The summed E-state index contributed by atoms with van der Waals surface area (Å²) in [6.45, 7) is 4.57. The monoisotopic (exact) mass is 221 g/mol. The third-order valence-electron chi connectivity index (χ3n) is 2.47. The van der Waals surface area contributed by atoms with Crippen LogP contribution < -0.4 is 11.1 Å². The average Bonchev–Trinajstić information content (AvgIpc) is 2.29. The number of amides is 1. The number of carbonyl (C=O) groups is 1. The molecule has 1 unspecified atom stereocenters. The summed E-state index contributed by atoms with van der Waals surface area (Å²) in [6, 6.07) is 3.71. The first-order valence-electron chi connectivity index (χ1n) is 5.63. The number of rotatable bonds is 5. The zero-order valence-electron chi connectivity index (χ0n) is 9.86. The van der Waals surface area contributed by atoms with Gasteiger partial charge in [0.1, 0.15) is 0 Å². The summed E-state index contributed by atoms with van der Waals surface area (Å²) in [4.78, 5) is 16.0. The minimum atomic E-state index is -0.0463. The third-order valence-corrected chi connectivity index (χ3v) is 2.47. The predicted molar refractivity (Wildman–Crippen MR) is 64.2 cm³/mol. The van der Waals surface area contributed by atoms with Crippen LogP contribution in [0.15, 0.2) is 18.3 Å². The lowest BCUT2D eigenvalue weighted by atomic mass is 10.1. The molecule has 0 saturated carbocycles. The van der Waals surface area contributed by atoms with Crippen molar-refractivity contribution in [3.63, 3.8) is 0 Å². The minimum absolute atomic E-state index is 0.0463. The van der Waals surface area contributed by atoms with Crippen LogP contribution in [0.3, 0.4) is 0 Å². The van der Waals surface area contributed by atoms with Gasteiger partial charge in [-0.05, 0) is 32.0 Å². The Morgan fingerprint density at radius 1 is 1.62 bits per heavy atom. The maximum Gasteiger partial charge on any atom is 0.251 e. The number of hydrogen-bond acceptors (Lipinski definition) is 3. The summed E-state index contributed by atoms with van der Waals surface area (Å²) in [5.74, 6) is -0.0463. The number of hydrogen-bond donors (Lipinski definition) is 2. The highest BCUT2D eigenvalue weighted by atomic mass is 16.1. The van der Waals surface area contributed by atoms with Gasteiger partial charge in [-0.2, -0.15) is 0 Å². The van der Waals surface area contributed by atoms with Gasteiger partial charge in [0.2, 0.25) is 0 Å². The van der Waals surface area contributed by atoms with E-state index in [0.717, 1.165) is 12.1 Å². The number of pyridine rings is 1. The van der Waals surface area contributed by atoms with Gasteiger partial charge in [0.15, 0.2) is 0 Å². The van der Waals surface area contributed by atoms with E-state index in [1.54, 1.807) is 18.3 Å². The molecule has 4 heteroatoms. The second-order valence-electron chi connectivity index (χ2n) is 3.86. The van der Waals surface area contributed by atoms with E-state index in [0.29, 0.717) is 18.5 Å². The Balaban J connectivity index is 2.71. The van der Waals surface area contributed by atoms with Gasteiger partial charge in [0.25, 0.3) is 5.91 Å². The Kier molecular flexibility index (Phi) is 4.92. The largest absolute Gasteiger partial charge is 0.350 e. The number of nitrogens with two attached hydrogens (primary N) is 1. The maximum atomic E-state index is 11.8. The van der Waals surface area contributed by atoms with Crippen LogP contribution in [0, 0.1) is 0 Å². The van der Waals surface area contributed by atoms with Gasteiger partial charge in [0, 0.05) is 29.9 Å². The summed E-state index contributed by atoms with van der Waals surface area (Å²) >= 11 is 0. The van der Waals surface area contributed by atoms with Crippen LogP contribution in [-0.2, 0) is 6.42 Å². The fraction of sp³-hybridized carbons (Fsp3) is 0.500. The lowest BCUT2D eigenvalue weighted by Crippen LogP contribution is -2.32. The zero-order chi connectivity index (χ0) is 12.0. The summed E-state index contributed by atoms with van der Waals surface area (Å²) in [5.41, 5.74) is 6.96. The molecule has 0 spiro atoms. The van der Waals surface area contributed by atoms with E-state index in [2.05, 4.69) is 10.3 Å². The van der Waals surface area contributed by atoms with E-state index in [4.69, 9.17) is 5.73 Å².